The average Bonchev–Trinajstić information content (AvgIpc) is 2.89. The van der Waals surface area contributed by atoms with E-state index in [1.54, 1.807) is 17.3 Å². The van der Waals surface area contributed by atoms with E-state index < -0.39 is 17.0 Å². The molecule has 0 aromatic carbocycles. The third-order valence-electron chi connectivity index (χ3n) is 6.12. The van der Waals surface area contributed by atoms with Gasteiger partial charge in [-0.1, -0.05) is 0 Å². The lowest BCUT2D eigenvalue weighted by Crippen LogP contribution is -2.56. The second kappa shape index (κ2) is 6.07. The van der Waals surface area contributed by atoms with Gasteiger partial charge in [-0.2, -0.15) is 0 Å². The summed E-state index contributed by atoms with van der Waals surface area (Å²) in [6, 6.07) is 3.83. The van der Waals surface area contributed by atoms with Crippen molar-refractivity contribution in [3.05, 3.63) is 30.1 Å². The molecule has 2 amide bonds. The molecule has 1 spiro atoms. The number of pyridine rings is 1. The summed E-state index contributed by atoms with van der Waals surface area (Å²) in [5.74, 6) is -0.276. The lowest BCUT2D eigenvalue weighted by atomic mass is 9.76. The van der Waals surface area contributed by atoms with Crippen LogP contribution in [0.2, 0.25) is 0 Å². The first kappa shape index (κ1) is 16.5. The topological polar surface area (TPSA) is 53.5 Å². The lowest BCUT2D eigenvalue weighted by Gasteiger charge is -2.43. The minimum atomic E-state index is -1.67. The molecule has 6 heteroatoms. The van der Waals surface area contributed by atoms with Gasteiger partial charge in [0, 0.05) is 38.6 Å². The van der Waals surface area contributed by atoms with E-state index in [-0.39, 0.29) is 5.91 Å². The van der Waals surface area contributed by atoms with E-state index in [0.717, 1.165) is 31.2 Å². The van der Waals surface area contributed by atoms with Crippen LogP contribution in [0.4, 0.5) is 4.39 Å². The number of carbonyl (C=O) groups is 2. The number of amides is 2. The number of hydrogen-bond acceptors (Lipinski definition) is 3. The molecule has 0 bridgehead atoms. The number of aromatic nitrogens is 1. The highest BCUT2D eigenvalue weighted by atomic mass is 19.1. The van der Waals surface area contributed by atoms with E-state index in [4.69, 9.17) is 0 Å². The van der Waals surface area contributed by atoms with Crippen molar-refractivity contribution in [1.82, 2.24) is 14.8 Å². The molecule has 0 radical (unpaired) electrons. The van der Waals surface area contributed by atoms with E-state index in [0.29, 0.717) is 39.0 Å². The molecule has 3 fully saturated rings. The van der Waals surface area contributed by atoms with E-state index in [2.05, 4.69) is 4.98 Å². The Morgan fingerprint density at radius 1 is 1.12 bits per heavy atom. The zero-order valence-electron chi connectivity index (χ0n) is 14.4. The van der Waals surface area contributed by atoms with Crippen molar-refractivity contribution in [1.29, 1.82) is 0 Å². The van der Waals surface area contributed by atoms with Crippen molar-refractivity contribution in [2.75, 3.05) is 19.6 Å². The molecule has 2 saturated heterocycles. The predicted octanol–water partition coefficient (Wildman–Crippen LogP) is 2.31. The second-order valence-corrected chi connectivity index (χ2v) is 7.76. The Morgan fingerprint density at radius 3 is 2.56 bits per heavy atom. The predicted molar refractivity (Wildman–Crippen MR) is 90.2 cm³/mol. The van der Waals surface area contributed by atoms with Crippen molar-refractivity contribution < 1.29 is 14.0 Å². The monoisotopic (exact) mass is 345 g/mol. The molecule has 3 heterocycles. The summed E-state index contributed by atoms with van der Waals surface area (Å²) in [7, 11) is 0. The summed E-state index contributed by atoms with van der Waals surface area (Å²) in [5, 5.41) is 0. The van der Waals surface area contributed by atoms with Crippen LogP contribution in [-0.4, -0.2) is 51.9 Å². The zero-order valence-corrected chi connectivity index (χ0v) is 14.4. The van der Waals surface area contributed by atoms with Gasteiger partial charge in [0.2, 0.25) is 5.91 Å². The number of likely N-dealkylation sites (tertiary alicyclic amines) is 2. The fraction of sp³-hybridized carbons (Fsp3) is 0.632. The first-order valence-corrected chi connectivity index (χ1v) is 9.19. The largest absolute Gasteiger partial charge is 0.339 e. The van der Waals surface area contributed by atoms with Gasteiger partial charge in [-0.25, -0.2) is 4.39 Å². The number of piperidine rings is 1. The van der Waals surface area contributed by atoms with Gasteiger partial charge < -0.3 is 9.80 Å². The Kier molecular flexibility index (Phi) is 4.01. The van der Waals surface area contributed by atoms with E-state index in [1.807, 2.05) is 17.0 Å². The number of hydrogen-bond donors (Lipinski definition) is 0. The summed E-state index contributed by atoms with van der Waals surface area (Å²) >= 11 is 0. The first-order chi connectivity index (χ1) is 12.0. The molecular weight excluding hydrogens is 321 g/mol. The first-order valence-electron chi connectivity index (χ1n) is 9.19. The fourth-order valence-electron chi connectivity index (χ4n) is 4.42. The average molecular weight is 345 g/mol. The number of alkyl halides is 1. The van der Waals surface area contributed by atoms with Gasteiger partial charge in [-0.05, 0) is 56.2 Å². The molecule has 1 aromatic rings. The van der Waals surface area contributed by atoms with Crippen LogP contribution in [0.3, 0.4) is 0 Å². The highest BCUT2D eigenvalue weighted by Crippen LogP contribution is 2.43. The highest BCUT2D eigenvalue weighted by molar-refractivity contribution is 5.89. The van der Waals surface area contributed by atoms with Crippen molar-refractivity contribution in [3.63, 3.8) is 0 Å². The van der Waals surface area contributed by atoms with Crippen molar-refractivity contribution >= 4 is 11.8 Å². The van der Waals surface area contributed by atoms with Crippen LogP contribution in [0.1, 0.15) is 44.1 Å². The fourth-order valence-corrected chi connectivity index (χ4v) is 4.42. The second-order valence-electron chi connectivity index (χ2n) is 7.76. The van der Waals surface area contributed by atoms with Gasteiger partial charge in [-0.3, -0.25) is 14.6 Å². The van der Waals surface area contributed by atoms with Crippen LogP contribution in [0.25, 0.3) is 0 Å². The van der Waals surface area contributed by atoms with E-state index >= 15 is 0 Å². The minimum absolute atomic E-state index is 0.114. The number of rotatable bonds is 3. The molecule has 1 aromatic heterocycles. The molecular formula is C19H24FN3O2. The Morgan fingerprint density at radius 2 is 1.88 bits per heavy atom. The van der Waals surface area contributed by atoms with Crippen molar-refractivity contribution in [2.45, 2.75) is 50.7 Å². The highest BCUT2D eigenvalue weighted by Gasteiger charge is 2.53. The summed E-state index contributed by atoms with van der Waals surface area (Å²) in [5.41, 5.74) is -1.13. The van der Waals surface area contributed by atoms with Gasteiger partial charge in [0.15, 0.2) is 5.67 Å². The SMILES string of the molecule is O=C(N1CCC[C@]2(CCN(Cc3ccncc3)C2=O)C1)C1(F)CCC1. The number of halogens is 1. The minimum Gasteiger partial charge on any atom is -0.339 e. The van der Waals surface area contributed by atoms with Gasteiger partial charge in [0.25, 0.3) is 5.91 Å². The molecule has 4 rings (SSSR count). The van der Waals surface area contributed by atoms with Crippen LogP contribution in [0.15, 0.2) is 24.5 Å². The summed E-state index contributed by atoms with van der Waals surface area (Å²) < 4.78 is 14.5. The third-order valence-corrected chi connectivity index (χ3v) is 6.12. The molecule has 134 valence electrons. The maximum absolute atomic E-state index is 14.5. The van der Waals surface area contributed by atoms with Gasteiger partial charge in [-0.15, -0.1) is 0 Å². The van der Waals surface area contributed by atoms with Crippen LogP contribution < -0.4 is 0 Å². The number of nitrogens with zero attached hydrogens (tertiary/aromatic N) is 3. The zero-order chi connectivity index (χ0) is 17.5. The smallest absolute Gasteiger partial charge is 0.260 e. The third kappa shape index (κ3) is 2.81. The Bertz CT molecular complexity index is 677. The Balaban J connectivity index is 1.46. The summed E-state index contributed by atoms with van der Waals surface area (Å²) in [6.45, 7) is 2.22. The summed E-state index contributed by atoms with van der Waals surface area (Å²) in [6.07, 6.45) is 7.21. The van der Waals surface area contributed by atoms with Crippen LogP contribution in [0, 0.1) is 5.41 Å². The molecule has 3 aliphatic rings. The number of carbonyl (C=O) groups excluding carboxylic acids is 2. The quantitative estimate of drug-likeness (QED) is 0.845. The molecule has 0 N–H and O–H groups in total. The molecule has 1 aliphatic carbocycles. The van der Waals surface area contributed by atoms with Gasteiger partial charge in [0.1, 0.15) is 0 Å². The van der Waals surface area contributed by atoms with Crippen LogP contribution in [-0.2, 0) is 16.1 Å². The van der Waals surface area contributed by atoms with E-state index in [1.165, 1.54) is 0 Å². The Hall–Kier alpha value is -1.98. The van der Waals surface area contributed by atoms with Crippen molar-refractivity contribution in [3.8, 4) is 0 Å². The standard InChI is InChI=1S/C19H24FN3O2/c20-19(6-1-7-19)17(25)23-11-2-5-18(14-23)8-12-22(16(18)24)13-15-3-9-21-10-4-15/h3-4,9-10H,1-2,5-8,11-14H2/t18-/m0/s1. The molecule has 25 heavy (non-hydrogen) atoms. The van der Waals surface area contributed by atoms with Crippen LogP contribution >= 0.6 is 0 Å². The Labute approximate surface area is 147 Å². The van der Waals surface area contributed by atoms with Crippen LogP contribution in [0.5, 0.6) is 0 Å². The van der Waals surface area contributed by atoms with Gasteiger partial charge in [0.05, 0.1) is 5.41 Å². The van der Waals surface area contributed by atoms with Gasteiger partial charge >= 0.3 is 0 Å². The molecule has 0 unspecified atom stereocenters. The maximum Gasteiger partial charge on any atom is 0.260 e. The van der Waals surface area contributed by atoms with Crippen molar-refractivity contribution in [2.24, 2.45) is 5.41 Å². The molecule has 5 nitrogen and oxygen atoms in total. The maximum atomic E-state index is 14.5. The van der Waals surface area contributed by atoms with E-state index in [9.17, 15) is 14.0 Å². The molecule has 2 aliphatic heterocycles. The lowest BCUT2D eigenvalue weighted by molar-refractivity contribution is -0.156. The molecule has 1 saturated carbocycles. The summed E-state index contributed by atoms with van der Waals surface area (Å²) in [4.78, 5) is 33.1. The normalized spacial score (nSPS) is 28.3. The molecule has 1 atom stereocenters.